The molecule has 0 bridgehead atoms. The number of hydrogen-bond donors (Lipinski definition) is 3. The Kier molecular flexibility index (Phi) is 6.23. The van der Waals surface area contributed by atoms with Gasteiger partial charge in [0.25, 0.3) is 21.8 Å². The van der Waals surface area contributed by atoms with Gasteiger partial charge < -0.3 is 4.74 Å². The van der Waals surface area contributed by atoms with Crippen LogP contribution in [0.5, 0.6) is 5.75 Å². The summed E-state index contributed by atoms with van der Waals surface area (Å²) in [5.74, 6) is -0.782. The quantitative estimate of drug-likeness (QED) is 0.505. The van der Waals surface area contributed by atoms with Gasteiger partial charge in [-0.3, -0.25) is 30.1 Å². The van der Waals surface area contributed by atoms with Gasteiger partial charge in [0.1, 0.15) is 11.4 Å². The van der Waals surface area contributed by atoms with Crippen molar-refractivity contribution in [2.75, 3.05) is 11.8 Å². The molecule has 0 fully saturated rings. The van der Waals surface area contributed by atoms with Crippen molar-refractivity contribution in [1.29, 1.82) is 0 Å². The third kappa shape index (κ3) is 5.08. The zero-order valence-corrected chi connectivity index (χ0v) is 16.5. The number of rotatable bonds is 6. The molecule has 154 valence electrons. The van der Waals surface area contributed by atoms with Gasteiger partial charge in [-0.15, -0.1) is 0 Å². The molecule has 3 N–H and O–H groups in total. The lowest BCUT2D eigenvalue weighted by Gasteiger charge is -2.10. The van der Waals surface area contributed by atoms with E-state index >= 15 is 0 Å². The number of nitrogens with one attached hydrogen (secondary N) is 3. The molecule has 3 aromatic rings. The van der Waals surface area contributed by atoms with E-state index in [1.807, 2.05) is 0 Å². The Balaban J connectivity index is 1.69. The standard InChI is InChI=1S/C19H17N5O5S/c1-29-15-7-5-14(6-8-15)24-30(27,28)16-4-2-3-13(11-16)18(25)22-23-19(26)17-12-20-9-10-21-17/h2-12,24H,1H3,(H,22,25)(H,23,26). The maximum Gasteiger partial charge on any atom is 0.289 e. The number of benzene rings is 2. The summed E-state index contributed by atoms with van der Waals surface area (Å²) in [5, 5.41) is 0. The van der Waals surface area contributed by atoms with Gasteiger partial charge in [-0.25, -0.2) is 13.4 Å². The van der Waals surface area contributed by atoms with Crippen LogP contribution in [0.2, 0.25) is 0 Å². The number of aromatic nitrogens is 2. The fraction of sp³-hybridized carbons (Fsp3) is 0.0526. The van der Waals surface area contributed by atoms with E-state index in [9.17, 15) is 18.0 Å². The number of hydrogen-bond acceptors (Lipinski definition) is 7. The van der Waals surface area contributed by atoms with E-state index in [4.69, 9.17) is 4.74 Å². The van der Waals surface area contributed by atoms with E-state index in [0.717, 1.165) is 0 Å². The highest BCUT2D eigenvalue weighted by atomic mass is 32.2. The van der Waals surface area contributed by atoms with Gasteiger partial charge in [0.05, 0.1) is 18.2 Å². The number of amides is 2. The molecular weight excluding hydrogens is 410 g/mol. The molecule has 0 aliphatic carbocycles. The molecule has 11 heteroatoms. The molecule has 30 heavy (non-hydrogen) atoms. The Morgan fingerprint density at radius 1 is 0.967 bits per heavy atom. The lowest BCUT2D eigenvalue weighted by molar-refractivity contribution is 0.0843. The van der Waals surface area contributed by atoms with Crippen molar-refractivity contribution in [3.05, 3.63) is 78.4 Å². The van der Waals surface area contributed by atoms with E-state index in [2.05, 4.69) is 25.5 Å². The average molecular weight is 427 g/mol. The molecule has 0 radical (unpaired) electrons. The summed E-state index contributed by atoms with van der Waals surface area (Å²) >= 11 is 0. The van der Waals surface area contributed by atoms with E-state index in [1.54, 1.807) is 24.3 Å². The first-order chi connectivity index (χ1) is 14.4. The van der Waals surface area contributed by atoms with Crippen molar-refractivity contribution >= 4 is 27.5 Å². The lowest BCUT2D eigenvalue weighted by Crippen LogP contribution is -2.42. The Bertz CT molecular complexity index is 1150. The second-order valence-corrected chi connectivity index (χ2v) is 7.54. The van der Waals surface area contributed by atoms with Crippen molar-refractivity contribution in [1.82, 2.24) is 20.8 Å². The van der Waals surface area contributed by atoms with E-state index < -0.39 is 21.8 Å². The summed E-state index contributed by atoms with van der Waals surface area (Å²) in [4.78, 5) is 31.7. The number of carbonyl (C=O) groups excluding carboxylic acids is 2. The van der Waals surface area contributed by atoms with Crippen LogP contribution in [0.3, 0.4) is 0 Å². The van der Waals surface area contributed by atoms with Gasteiger partial charge in [-0.1, -0.05) is 6.07 Å². The lowest BCUT2D eigenvalue weighted by atomic mass is 10.2. The summed E-state index contributed by atoms with van der Waals surface area (Å²) in [6, 6.07) is 11.7. The highest BCUT2D eigenvalue weighted by Gasteiger charge is 2.17. The Labute approximate surface area is 172 Å². The van der Waals surface area contributed by atoms with Crippen LogP contribution in [0.1, 0.15) is 20.8 Å². The van der Waals surface area contributed by atoms with Crippen molar-refractivity contribution in [2.24, 2.45) is 0 Å². The highest BCUT2D eigenvalue weighted by molar-refractivity contribution is 7.92. The summed E-state index contributed by atoms with van der Waals surface area (Å²) in [6.45, 7) is 0. The maximum absolute atomic E-state index is 12.6. The third-order valence-electron chi connectivity index (χ3n) is 3.83. The molecule has 0 saturated carbocycles. The zero-order chi connectivity index (χ0) is 21.6. The monoisotopic (exact) mass is 427 g/mol. The maximum atomic E-state index is 12.6. The molecule has 0 saturated heterocycles. The molecule has 0 atom stereocenters. The largest absolute Gasteiger partial charge is 0.497 e. The van der Waals surface area contributed by atoms with Crippen LogP contribution in [0.15, 0.2) is 72.0 Å². The predicted molar refractivity (Wildman–Crippen MR) is 107 cm³/mol. The van der Waals surface area contributed by atoms with Crippen LogP contribution in [0.4, 0.5) is 5.69 Å². The molecule has 2 aromatic carbocycles. The van der Waals surface area contributed by atoms with Crippen molar-refractivity contribution < 1.29 is 22.7 Å². The topological polar surface area (TPSA) is 139 Å². The third-order valence-corrected chi connectivity index (χ3v) is 5.21. The van der Waals surface area contributed by atoms with Crippen LogP contribution >= 0.6 is 0 Å². The predicted octanol–water partition coefficient (Wildman–Crippen LogP) is 1.36. The minimum atomic E-state index is -3.94. The van der Waals surface area contributed by atoms with Crippen LogP contribution in [0.25, 0.3) is 0 Å². The smallest absolute Gasteiger partial charge is 0.289 e. The second-order valence-electron chi connectivity index (χ2n) is 5.86. The van der Waals surface area contributed by atoms with Crippen molar-refractivity contribution in [2.45, 2.75) is 4.90 Å². The Morgan fingerprint density at radius 2 is 1.70 bits per heavy atom. The number of nitrogens with zero attached hydrogens (tertiary/aromatic N) is 2. The number of carbonyl (C=O) groups is 2. The minimum absolute atomic E-state index is 0.0119. The van der Waals surface area contributed by atoms with Crippen LogP contribution in [-0.4, -0.2) is 37.3 Å². The van der Waals surface area contributed by atoms with E-state index in [0.29, 0.717) is 11.4 Å². The average Bonchev–Trinajstić information content (AvgIpc) is 2.78. The fourth-order valence-electron chi connectivity index (χ4n) is 2.34. The normalized spacial score (nSPS) is 10.7. The molecule has 1 aromatic heterocycles. The SMILES string of the molecule is COc1ccc(NS(=O)(=O)c2cccc(C(=O)NNC(=O)c3cnccn3)c2)cc1. The second kappa shape index (κ2) is 9.01. The van der Waals surface area contributed by atoms with E-state index in [-0.39, 0.29) is 16.2 Å². The zero-order valence-electron chi connectivity index (χ0n) is 15.7. The van der Waals surface area contributed by atoms with Gasteiger partial charge in [0.2, 0.25) is 0 Å². The van der Waals surface area contributed by atoms with E-state index in [1.165, 1.54) is 50.0 Å². The molecule has 0 aliphatic rings. The molecule has 0 aliphatic heterocycles. The first-order valence-corrected chi connectivity index (χ1v) is 10.0. The van der Waals surface area contributed by atoms with Gasteiger partial charge in [0, 0.05) is 23.6 Å². The number of sulfonamides is 1. The first-order valence-electron chi connectivity index (χ1n) is 8.53. The molecular formula is C19H17N5O5S. The van der Waals surface area contributed by atoms with Gasteiger partial charge in [0.15, 0.2) is 0 Å². The fourth-order valence-corrected chi connectivity index (χ4v) is 3.45. The molecule has 3 rings (SSSR count). The molecule has 2 amide bonds. The number of hydrazine groups is 1. The Hall–Kier alpha value is -3.99. The number of methoxy groups -OCH3 is 1. The molecule has 0 unspecified atom stereocenters. The van der Waals surface area contributed by atoms with Crippen LogP contribution < -0.4 is 20.3 Å². The minimum Gasteiger partial charge on any atom is -0.497 e. The van der Waals surface area contributed by atoms with Crippen LogP contribution in [0, 0.1) is 0 Å². The molecule has 0 spiro atoms. The molecule has 1 heterocycles. The summed E-state index contributed by atoms with van der Waals surface area (Å²) in [6.07, 6.45) is 3.97. The molecule has 10 nitrogen and oxygen atoms in total. The highest BCUT2D eigenvalue weighted by Crippen LogP contribution is 2.20. The summed E-state index contributed by atoms with van der Waals surface area (Å²) in [5.41, 5.74) is 4.77. The van der Waals surface area contributed by atoms with Crippen LogP contribution in [-0.2, 0) is 10.0 Å². The number of ether oxygens (including phenoxy) is 1. The van der Waals surface area contributed by atoms with Crippen molar-refractivity contribution in [3.8, 4) is 5.75 Å². The summed E-state index contributed by atoms with van der Waals surface area (Å²) in [7, 11) is -2.43. The first kappa shape index (κ1) is 20.7. The van der Waals surface area contributed by atoms with Gasteiger partial charge in [-0.2, -0.15) is 0 Å². The Morgan fingerprint density at radius 3 is 2.37 bits per heavy atom. The summed E-state index contributed by atoms with van der Waals surface area (Å²) < 4.78 is 32.7. The van der Waals surface area contributed by atoms with Gasteiger partial charge >= 0.3 is 0 Å². The van der Waals surface area contributed by atoms with Gasteiger partial charge in [-0.05, 0) is 42.5 Å². The van der Waals surface area contributed by atoms with Crippen molar-refractivity contribution in [3.63, 3.8) is 0 Å². The number of anilines is 1.